The fourth-order valence-corrected chi connectivity index (χ4v) is 1.99. The standard InChI is InChI=1S/C13H18BrNO3/c1-15(2)5-4-6-18-13-10(9-16)7-11(14)8-12(13)17-3/h7-9H,4-6H2,1-3H3. The third-order valence-corrected chi connectivity index (χ3v) is 2.85. The zero-order chi connectivity index (χ0) is 13.5. The number of nitrogens with zero attached hydrogens (tertiary/aromatic N) is 1. The fraction of sp³-hybridized carbons (Fsp3) is 0.462. The molecule has 0 aliphatic carbocycles. The van der Waals surface area contributed by atoms with Crippen molar-refractivity contribution in [3.63, 3.8) is 0 Å². The highest BCUT2D eigenvalue weighted by molar-refractivity contribution is 9.10. The maximum absolute atomic E-state index is 11.0. The van der Waals surface area contributed by atoms with Crippen molar-refractivity contribution >= 4 is 22.2 Å². The van der Waals surface area contributed by atoms with Gasteiger partial charge in [0.1, 0.15) is 0 Å². The lowest BCUT2D eigenvalue weighted by atomic mass is 10.2. The van der Waals surface area contributed by atoms with Gasteiger partial charge in [0.15, 0.2) is 17.8 Å². The SMILES string of the molecule is COc1cc(Br)cc(C=O)c1OCCCN(C)C. The van der Waals surface area contributed by atoms with E-state index in [1.54, 1.807) is 19.2 Å². The molecular formula is C13H18BrNO3. The molecule has 1 aromatic carbocycles. The van der Waals surface area contributed by atoms with E-state index in [2.05, 4.69) is 20.8 Å². The van der Waals surface area contributed by atoms with Crippen molar-refractivity contribution in [1.82, 2.24) is 4.90 Å². The Morgan fingerprint density at radius 2 is 2.11 bits per heavy atom. The molecule has 4 nitrogen and oxygen atoms in total. The molecule has 0 bridgehead atoms. The maximum atomic E-state index is 11.0. The van der Waals surface area contributed by atoms with Gasteiger partial charge in [0.25, 0.3) is 0 Å². The molecule has 0 atom stereocenters. The van der Waals surface area contributed by atoms with Crippen LogP contribution in [-0.2, 0) is 0 Å². The van der Waals surface area contributed by atoms with Gasteiger partial charge in [-0.15, -0.1) is 0 Å². The number of ether oxygens (including phenoxy) is 2. The van der Waals surface area contributed by atoms with E-state index in [9.17, 15) is 4.79 Å². The Bertz CT molecular complexity index is 407. The maximum Gasteiger partial charge on any atom is 0.171 e. The molecule has 100 valence electrons. The van der Waals surface area contributed by atoms with Gasteiger partial charge in [-0.3, -0.25) is 4.79 Å². The fourth-order valence-electron chi connectivity index (χ4n) is 1.54. The lowest BCUT2D eigenvalue weighted by Crippen LogP contribution is -2.16. The Labute approximate surface area is 116 Å². The molecule has 0 N–H and O–H groups in total. The zero-order valence-corrected chi connectivity index (χ0v) is 12.5. The Morgan fingerprint density at radius 1 is 1.39 bits per heavy atom. The van der Waals surface area contributed by atoms with E-state index in [1.165, 1.54) is 0 Å². The number of hydrogen-bond acceptors (Lipinski definition) is 4. The van der Waals surface area contributed by atoms with Gasteiger partial charge < -0.3 is 14.4 Å². The summed E-state index contributed by atoms with van der Waals surface area (Å²) in [5.41, 5.74) is 0.492. The van der Waals surface area contributed by atoms with Gasteiger partial charge in [-0.2, -0.15) is 0 Å². The van der Waals surface area contributed by atoms with Crippen molar-refractivity contribution in [2.24, 2.45) is 0 Å². The van der Waals surface area contributed by atoms with E-state index >= 15 is 0 Å². The number of benzene rings is 1. The Hall–Kier alpha value is -1.07. The van der Waals surface area contributed by atoms with Crippen LogP contribution in [0.3, 0.4) is 0 Å². The van der Waals surface area contributed by atoms with Crippen molar-refractivity contribution in [3.8, 4) is 11.5 Å². The van der Waals surface area contributed by atoms with Gasteiger partial charge in [-0.05, 0) is 32.6 Å². The molecule has 0 saturated heterocycles. The van der Waals surface area contributed by atoms with Gasteiger partial charge in [0, 0.05) is 11.0 Å². The van der Waals surface area contributed by atoms with Crippen LogP contribution in [0.4, 0.5) is 0 Å². The van der Waals surface area contributed by atoms with Crippen LogP contribution in [0.25, 0.3) is 0 Å². The Kier molecular flexibility index (Phi) is 6.15. The number of carbonyl (C=O) groups excluding carboxylic acids is 1. The van der Waals surface area contributed by atoms with E-state index in [1.807, 2.05) is 14.1 Å². The Morgan fingerprint density at radius 3 is 2.67 bits per heavy atom. The van der Waals surface area contributed by atoms with E-state index < -0.39 is 0 Å². The number of hydrogen-bond donors (Lipinski definition) is 0. The van der Waals surface area contributed by atoms with Crippen LogP contribution in [0.15, 0.2) is 16.6 Å². The molecule has 0 radical (unpaired) electrons. The number of methoxy groups -OCH3 is 1. The van der Waals surface area contributed by atoms with Crippen LogP contribution in [0.5, 0.6) is 11.5 Å². The summed E-state index contributed by atoms with van der Waals surface area (Å²) in [4.78, 5) is 13.1. The quantitative estimate of drug-likeness (QED) is 0.572. The molecule has 0 aliphatic rings. The summed E-state index contributed by atoms with van der Waals surface area (Å²) in [5, 5.41) is 0. The van der Waals surface area contributed by atoms with Crippen LogP contribution >= 0.6 is 15.9 Å². The van der Waals surface area contributed by atoms with Crippen LogP contribution < -0.4 is 9.47 Å². The number of carbonyl (C=O) groups is 1. The summed E-state index contributed by atoms with van der Waals surface area (Å²) >= 11 is 3.33. The lowest BCUT2D eigenvalue weighted by Gasteiger charge is -2.14. The van der Waals surface area contributed by atoms with Gasteiger partial charge in [0.05, 0.1) is 19.3 Å². The second-order valence-corrected chi connectivity index (χ2v) is 5.07. The molecule has 0 aromatic heterocycles. The van der Waals surface area contributed by atoms with Crippen molar-refractivity contribution in [2.45, 2.75) is 6.42 Å². The summed E-state index contributed by atoms with van der Waals surface area (Å²) in [6, 6.07) is 3.51. The summed E-state index contributed by atoms with van der Waals surface area (Å²) in [5.74, 6) is 1.07. The highest BCUT2D eigenvalue weighted by atomic mass is 79.9. The van der Waals surface area contributed by atoms with Crippen molar-refractivity contribution in [2.75, 3.05) is 34.4 Å². The molecule has 1 rings (SSSR count). The molecule has 18 heavy (non-hydrogen) atoms. The zero-order valence-electron chi connectivity index (χ0n) is 10.9. The van der Waals surface area contributed by atoms with Gasteiger partial charge in [-0.25, -0.2) is 0 Å². The molecule has 0 spiro atoms. The first kappa shape index (κ1) is 15.0. The smallest absolute Gasteiger partial charge is 0.171 e. The van der Waals surface area contributed by atoms with Crippen molar-refractivity contribution < 1.29 is 14.3 Å². The minimum absolute atomic E-state index is 0.492. The predicted molar refractivity (Wildman–Crippen MR) is 74.7 cm³/mol. The molecule has 0 amide bonds. The van der Waals surface area contributed by atoms with E-state index in [0.29, 0.717) is 23.7 Å². The van der Waals surface area contributed by atoms with Crippen molar-refractivity contribution in [1.29, 1.82) is 0 Å². The van der Waals surface area contributed by atoms with Crippen molar-refractivity contribution in [3.05, 3.63) is 22.2 Å². The summed E-state index contributed by atoms with van der Waals surface area (Å²) < 4.78 is 11.7. The monoisotopic (exact) mass is 315 g/mol. The number of halogens is 1. The van der Waals surface area contributed by atoms with E-state index in [0.717, 1.165) is 23.7 Å². The molecule has 0 fully saturated rings. The third-order valence-electron chi connectivity index (χ3n) is 2.39. The first-order chi connectivity index (χ1) is 8.58. The molecule has 0 heterocycles. The minimum Gasteiger partial charge on any atom is -0.493 e. The van der Waals surface area contributed by atoms with Crippen LogP contribution in [-0.4, -0.2) is 45.5 Å². The van der Waals surface area contributed by atoms with Gasteiger partial charge in [-0.1, -0.05) is 15.9 Å². The molecule has 0 unspecified atom stereocenters. The van der Waals surface area contributed by atoms with E-state index in [-0.39, 0.29) is 0 Å². The first-order valence-corrected chi connectivity index (χ1v) is 6.48. The minimum atomic E-state index is 0.492. The summed E-state index contributed by atoms with van der Waals surface area (Å²) in [7, 11) is 5.58. The normalized spacial score (nSPS) is 10.5. The second kappa shape index (κ2) is 7.38. The first-order valence-electron chi connectivity index (χ1n) is 5.68. The molecular weight excluding hydrogens is 298 g/mol. The predicted octanol–water partition coefficient (Wildman–Crippen LogP) is 2.60. The average Bonchev–Trinajstić information content (AvgIpc) is 2.34. The third kappa shape index (κ3) is 4.31. The van der Waals surface area contributed by atoms with Crippen LogP contribution in [0, 0.1) is 0 Å². The largest absolute Gasteiger partial charge is 0.493 e. The number of rotatable bonds is 7. The topological polar surface area (TPSA) is 38.8 Å². The van der Waals surface area contributed by atoms with Gasteiger partial charge in [0.2, 0.25) is 0 Å². The number of aldehydes is 1. The van der Waals surface area contributed by atoms with Crippen LogP contribution in [0.2, 0.25) is 0 Å². The highest BCUT2D eigenvalue weighted by Gasteiger charge is 2.12. The van der Waals surface area contributed by atoms with E-state index in [4.69, 9.17) is 9.47 Å². The molecule has 0 saturated carbocycles. The van der Waals surface area contributed by atoms with Gasteiger partial charge >= 0.3 is 0 Å². The highest BCUT2D eigenvalue weighted by Crippen LogP contribution is 2.33. The average molecular weight is 316 g/mol. The summed E-state index contributed by atoms with van der Waals surface area (Å²) in [6.07, 6.45) is 1.67. The Balaban J connectivity index is 2.76. The summed E-state index contributed by atoms with van der Waals surface area (Å²) in [6.45, 7) is 1.49. The van der Waals surface area contributed by atoms with Crippen LogP contribution in [0.1, 0.15) is 16.8 Å². The molecule has 0 aliphatic heterocycles. The molecule has 5 heteroatoms. The second-order valence-electron chi connectivity index (χ2n) is 4.15. The molecule has 1 aromatic rings. The lowest BCUT2D eigenvalue weighted by molar-refractivity contribution is 0.111.